The van der Waals surface area contributed by atoms with E-state index in [1.807, 2.05) is 12.4 Å². The van der Waals surface area contributed by atoms with Crippen LogP contribution in [0.2, 0.25) is 0 Å². The van der Waals surface area contributed by atoms with Crippen LogP contribution in [0.25, 0.3) is 0 Å². The van der Waals surface area contributed by atoms with Crippen molar-refractivity contribution in [2.45, 2.75) is 20.0 Å². The minimum atomic E-state index is 0.815. The highest BCUT2D eigenvalue weighted by Crippen LogP contribution is 2.23. The average molecular weight is 286 g/mol. The van der Waals surface area contributed by atoms with Crippen LogP contribution in [0.1, 0.15) is 11.8 Å². The molecule has 0 radical (unpaired) electrons. The molecule has 3 nitrogen and oxygen atoms in total. The van der Waals surface area contributed by atoms with E-state index in [0.717, 1.165) is 23.5 Å². The van der Waals surface area contributed by atoms with E-state index in [9.17, 15) is 0 Å². The second kappa shape index (κ2) is 4.81. The van der Waals surface area contributed by atoms with Crippen molar-refractivity contribution >= 4 is 33.2 Å². The summed E-state index contributed by atoms with van der Waals surface area (Å²) in [7, 11) is 0. The minimum Gasteiger partial charge on any atom is -0.351 e. The van der Waals surface area contributed by atoms with Gasteiger partial charge in [-0.15, -0.1) is 11.3 Å². The molecule has 0 aliphatic carbocycles. The van der Waals surface area contributed by atoms with Crippen LogP contribution in [0, 0.1) is 0 Å². The molecule has 2 aromatic heterocycles. The molecule has 80 valence electrons. The number of hydrogen-bond acceptors (Lipinski definition) is 3. The molecule has 1 N–H and O–H groups in total. The highest BCUT2D eigenvalue weighted by molar-refractivity contribution is 9.10. The minimum absolute atomic E-state index is 0.815. The predicted molar refractivity (Wildman–Crippen MR) is 67.2 cm³/mol. The van der Waals surface area contributed by atoms with Crippen molar-refractivity contribution in [3.05, 3.63) is 33.2 Å². The fourth-order valence-corrected chi connectivity index (χ4v) is 2.77. The van der Waals surface area contributed by atoms with Gasteiger partial charge in [0.25, 0.3) is 0 Å². The molecule has 15 heavy (non-hydrogen) atoms. The fourth-order valence-electron chi connectivity index (χ4n) is 1.34. The van der Waals surface area contributed by atoms with E-state index in [2.05, 4.69) is 49.2 Å². The third-order valence-corrected chi connectivity index (χ3v) is 4.08. The third-order valence-electron chi connectivity index (χ3n) is 2.15. The Hall–Kier alpha value is -0.810. The molecule has 0 fully saturated rings. The number of thiophene rings is 1. The first kappa shape index (κ1) is 10.7. The summed E-state index contributed by atoms with van der Waals surface area (Å²) in [6.45, 7) is 3.86. The lowest BCUT2D eigenvalue weighted by Crippen LogP contribution is -2.05. The van der Waals surface area contributed by atoms with Crippen LogP contribution in [-0.4, -0.2) is 9.55 Å². The Labute approximate surface area is 101 Å². The van der Waals surface area contributed by atoms with Crippen molar-refractivity contribution in [1.82, 2.24) is 9.55 Å². The summed E-state index contributed by atoms with van der Waals surface area (Å²) in [5.41, 5.74) is 0. The van der Waals surface area contributed by atoms with Gasteiger partial charge in [0.2, 0.25) is 5.95 Å². The van der Waals surface area contributed by atoms with Crippen molar-refractivity contribution in [2.24, 2.45) is 0 Å². The molecule has 0 aliphatic rings. The number of aromatic nitrogens is 2. The summed E-state index contributed by atoms with van der Waals surface area (Å²) in [6, 6.07) is 2.06. The summed E-state index contributed by atoms with van der Waals surface area (Å²) in [5.74, 6) is 0.929. The van der Waals surface area contributed by atoms with Crippen LogP contribution < -0.4 is 5.32 Å². The zero-order chi connectivity index (χ0) is 10.7. The fraction of sp³-hybridized carbons (Fsp3) is 0.300. The maximum absolute atomic E-state index is 4.26. The number of anilines is 1. The highest BCUT2D eigenvalue weighted by Gasteiger charge is 2.03. The summed E-state index contributed by atoms with van der Waals surface area (Å²) >= 11 is 5.25. The molecule has 0 saturated heterocycles. The summed E-state index contributed by atoms with van der Waals surface area (Å²) in [6.07, 6.45) is 3.79. The molecule has 0 aliphatic heterocycles. The second-order valence-corrected chi connectivity index (χ2v) is 4.94. The normalized spacial score (nSPS) is 10.5. The number of hydrogen-bond donors (Lipinski definition) is 1. The highest BCUT2D eigenvalue weighted by atomic mass is 79.9. The Bertz CT molecular complexity index is 435. The van der Waals surface area contributed by atoms with Crippen molar-refractivity contribution in [3.8, 4) is 0 Å². The number of halogens is 1. The zero-order valence-corrected chi connectivity index (χ0v) is 10.8. The second-order valence-electron chi connectivity index (χ2n) is 3.08. The van der Waals surface area contributed by atoms with E-state index in [1.54, 1.807) is 11.3 Å². The van der Waals surface area contributed by atoms with Crippen LogP contribution >= 0.6 is 27.3 Å². The molecule has 0 unspecified atom stereocenters. The van der Waals surface area contributed by atoms with Crippen molar-refractivity contribution < 1.29 is 0 Å². The van der Waals surface area contributed by atoms with Gasteiger partial charge in [0, 0.05) is 28.3 Å². The van der Waals surface area contributed by atoms with Crippen LogP contribution in [0.4, 0.5) is 5.95 Å². The smallest absolute Gasteiger partial charge is 0.203 e. The molecule has 0 saturated carbocycles. The van der Waals surface area contributed by atoms with Gasteiger partial charge in [-0.1, -0.05) is 0 Å². The van der Waals surface area contributed by atoms with Gasteiger partial charge in [-0.2, -0.15) is 0 Å². The van der Waals surface area contributed by atoms with E-state index in [-0.39, 0.29) is 0 Å². The van der Waals surface area contributed by atoms with E-state index < -0.39 is 0 Å². The molecular weight excluding hydrogens is 274 g/mol. The number of rotatable bonds is 4. The maximum atomic E-state index is 4.26. The topological polar surface area (TPSA) is 29.9 Å². The standard InChI is InChI=1S/C10H12BrN3S/c1-2-14-5-4-12-10(14)13-7-9-8(11)3-6-15-9/h3-6H,2,7H2,1H3,(H,12,13). The quantitative estimate of drug-likeness (QED) is 0.934. The first-order valence-corrected chi connectivity index (χ1v) is 6.45. The van der Waals surface area contributed by atoms with Gasteiger partial charge in [-0.05, 0) is 34.3 Å². The Morgan fingerprint density at radius 3 is 3.13 bits per heavy atom. The summed E-state index contributed by atoms with van der Waals surface area (Å²) in [5, 5.41) is 5.40. The van der Waals surface area contributed by atoms with Gasteiger partial charge in [-0.25, -0.2) is 4.98 Å². The van der Waals surface area contributed by atoms with Gasteiger partial charge in [-0.3, -0.25) is 0 Å². The van der Waals surface area contributed by atoms with Gasteiger partial charge >= 0.3 is 0 Å². The van der Waals surface area contributed by atoms with Crippen molar-refractivity contribution in [2.75, 3.05) is 5.32 Å². The van der Waals surface area contributed by atoms with E-state index in [0.29, 0.717) is 0 Å². The lowest BCUT2D eigenvalue weighted by Gasteiger charge is -2.06. The summed E-state index contributed by atoms with van der Waals surface area (Å²) in [4.78, 5) is 5.55. The van der Waals surface area contributed by atoms with Crippen LogP contribution in [-0.2, 0) is 13.1 Å². The largest absolute Gasteiger partial charge is 0.351 e. The molecule has 2 heterocycles. The van der Waals surface area contributed by atoms with E-state index >= 15 is 0 Å². The van der Waals surface area contributed by atoms with Crippen molar-refractivity contribution in [1.29, 1.82) is 0 Å². The Morgan fingerprint density at radius 2 is 2.47 bits per heavy atom. The Balaban J connectivity index is 2.02. The SMILES string of the molecule is CCn1ccnc1NCc1sccc1Br. The Morgan fingerprint density at radius 1 is 1.60 bits per heavy atom. The number of nitrogens with one attached hydrogen (secondary N) is 1. The number of aryl methyl sites for hydroxylation is 1. The Kier molecular flexibility index (Phi) is 3.43. The first-order chi connectivity index (χ1) is 7.31. The molecule has 0 bridgehead atoms. The number of nitrogens with zero attached hydrogens (tertiary/aromatic N) is 2. The lowest BCUT2D eigenvalue weighted by molar-refractivity contribution is 0.764. The molecule has 0 atom stereocenters. The van der Waals surface area contributed by atoms with E-state index in [1.165, 1.54) is 4.88 Å². The lowest BCUT2D eigenvalue weighted by atomic mass is 10.5. The predicted octanol–water partition coefficient (Wildman–Crippen LogP) is 3.34. The monoisotopic (exact) mass is 285 g/mol. The summed E-state index contributed by atoms with van der Waals surface area (Å²) < 4.78 is 3.25. The van der Waals surface area contributed by atoms with Gasteiger partial charge < -0.3 is 9.88 Å². The van der Waals surface area contributed by atoms with Gasteiger partial charge in [0.15, 0.2) is 0 Å². The maximum Gasteiger partial charge on any atom is 0.203 e. The van der Waals surface area contributed by atoms with Crippen LogP contribution in [0.15, 0.2) is 28.3 Å². The number of imidazole rings is 1. The molecule has 2 aromatic rings. The molecule has 0 amide bonds. The third kappa shape index (κ3) is 2.41. The van der Waals surface area contributed by atoms with Crippen LogP contribution in [0.3, 0.4) is 0 Å². The molecule has 0 spiro atoms. The van der Waals surface area contributed by atoms with Crippen molar-refractivity contribution in [3.63, 3.8) is 0 Å². The molecule has 0 aromatic carbocycles. The van der Waals surface area contributed by atoms with E-state index in [4.69, 9.17) is 0 Å². The average Bonchev–Trinajstić information content (AvgIpc) is 2.83. The van der Waals surface area contributed by atoms with Crippen LogP contribution in [0.5, 0.6) is 0 Å². The zero-order valence-electron chi connectivity index (χ0n) is 8.40. The first-order valence-electron chi connectivity index (χ1n) is 4.78. The van der Waals surface area contributed by atoms with Gasteiger partial charge in [0.1, 0.15) is 0 Å². The molecule has 5 heteroatoms. The van der Waals surface area contributed by atoms with Gasteiger partial charge in [0.05, 0.1) is 6.54 Å². The molecular formula is C10H12BrN3S. The molecule has 2 rings (SSSR count).